The van der Waals surface area contributed by atoms with Crippen molar-refractivity contribution in [2.45, 2.75) is 47.3 Å². The highest BCUT2D eigenvalue weighted by Gasteiger charge is 2.35. The van der Waals surface area contributed by atoms with Gasteiger partial charge in [0.15, 0.2) is 0 Å². The van der Waals surface area contributed by atoms with E-state index in [1.165, 1.54) is 0 Å². The van der Waals surface area contributed by atoms with E-state index in [9.17, 15) is 9.59 Å². The molecule has 0 fully saturated rings. The second-order valence-corrected chi connectivity index (χ2v) is 5.05. The average Bonchev–Trinajstić information content (AvgIpc) is 2.27. The Morgan fingerprint density at radius 2 is 1.39 bits per heavy atom. The first-order valence-corrected chi connectivity index (χ1v) is 5.84. The first-order chi connectivity index (χ1) is 8.11. The Hall–Kier alpha value is -1.58. The Morgan fingerprint density at radius 3 is 1.61 bits per heavy atom. The van der Waals surface area contributed by atoms with Crippen LogP contribution in [0.25, 0.3) is 0 Å². The molecular formula is C14H22O4. The van der Waals surface area contributed by atoms with E-state index in [0.717, 1.165) is 0 Å². The molecule has 0 bridgehead atoms. The zero-order chi connectivity index (χ0) is 14.5. The van der Waals surface area contributed by atoms with Crippen LogP contribution in [-0.2, 0) is 19.1 Å². The molecule has 0 N–H and O–H groups in total. The average molecular weight is 254 g/mol. The first kappa shape index (κ1) is 16.4. The van der Waals surface area contributed by atoms with E-state index in [2.05, 4.69) is 13.2 Å². The van der Waals surface area contributed by atoms with Crippen molar-refractivity contribution in [1.29, 1.82) is 0 Å². The Kier molecular flexibility index (Phi) is 5.82. The monoisotopic (exact) mass is 254 g/mol. The molecular weight excluding hydrogens is 232 g/mol. The summed E-state index contributed by atoms with van der Waals surface area (Å²) in [6.45, 7) is 15.7. The fourth-order valence-corrected chi connectivity index (χ4v) is 0.905. The maximum atomic E-state index is 11.5. The predicted octanol–water partition coefficient (Wildman–Crippen LogP) is 2.99. The van der Waals surface area contributed by atoms with Crippen LogP contribution in [0.3, 0.4) is 0 Å². The number of carbonyl (C=O) groups is 2. The Bertz CT molecular complexity index is 338. The molecule has 0 aromatic carbocycles. The van der Waals surface area contributed by atoms with Crippen LogP contribution in [0.5, 0.6) is 0 Å². The summed E-state index contributed by atoms with van der Waals surface area (Å²) in [6.07, 6.45) is -0.263. The van der Waals surface area contributed by atoms with Gasteiger partial charge in [0.25, 0.3) is 6.29 Å². The number of hydrogen-bond acceptors (Lipinski definition) is 4. The summed E-state index contributed by atoms with van der Waals surface area (Å²) in [6, 6.07) is 0. The molecule has 0 aliphatic carbocycles. The fourth-order valence-electron chi connectivity index (χ4n) is 0.905. The van der Waals surface area contributed by atoms with Gasteiger partial charge < -0.3 is 9.47 Å². The van der Waals surface area contributed by atoms with Crippen molar-refractivity contribution < 1.29 is 19.1 Å². The molecule has 0 heterocycles. The van der Waals surface area contributed by atoms with Crippen LogP contribution in [0.4, 0.5) is 0 Å². The molecule has 0 saturated carbocycles. The summed E-state index contributed by atoms with van der Waals surface area (Å²) >= 11 is 0. The van der Waals surface area contributed by atoms with Gasteiger partial charge in [-0.15, -0.1) is 0 Å². The topological polar surface area (TPSA) is 52.6 Å². The molecule has 0 aliphatic rings. The number of esters is 2. The van der Waals surface area contributed by atoms with E-state index in [1.807, 2.05) is 20.8 Å². The largest absolute Gasteiger partial charge is 0.421 e. The van der Waals surface area contributed by atoms with Crippen molar-refractivity contribution in [1.82, 2.24) is 0 Å². The lowest BCUT2D eigenvalue weighted by Crippen LogP contribution is -2.38. The van der Waals surface area contributed by atoms with Crippen LogP contribution in [0.15, 0.2) is 24.3 Å². The van der Waals surface area contributed by atoms with Crippen molar-refractivity contribution in [3.8, 4) is 0 Å². The van der Waals surface area contributed by atoms with Gasteiger partial charge in [-0.2, -0.15) is 0 Å². The smallest absolute Gasteiger partial charge is 0.336 e. The number of hydrogen-bond donors (Lipinski definition) is 0. The van der Waals surface area contributed by atoms with Gasteiger partial charge in [0.2, 0.25) is 0 Å². The minimum atomic E-state index is -0.948. The van der Waals surface area contributed by atoms with Gasteiger partial charge in [0, 0.05) is 16.6 Å². The van der Waals surface area contributed by atoms with E-state index >= 15 is 0 Å². The van der Waals surface area contributed by atoms with Gasteiger partial charge in [-0.3, -0.25) is 0 Å². The third kappa shape index (κ3) is 4.73. The lowest BCUT2D eigenvalue weighted by molar-refractivity contribution is -0.204. The molecule has 0 atom stereocenters. The number of ether oxygens (including phenoxy) is 2. The molecule has 4 nitrogen and oxygen atoms in total. The minimum absolute atomic E-state index is 0.262. The SMILES string of the molecule is C=C(C)C(=O)OC(OC(=O)C(=C)C)C(C)(C)CC. The third-order valence-corrected chi connectivity index (χ3v) is 2.67. The van der Waals surface area contributed by atoms with Crippen molar-refractivity contribution in [3.05, 3.63) is 24.3 Å². The quantitative estimate of drug-likeness (QED) is 0.415. The minimum Gasteiger partial charge on any atom is -0.421 e. The van der Waals surface area contributed by atoms with Crippen LogP contribution >= 0.6 is 0 Å². The molecule has 0 aromatic heterocycles. The molecule has 102 valence electrons. The van der Waals surface area contributed by atoms with Crippen molar-refractivity contribution >= 4 is 11.9 Å². The molecule has 0 aromatic rings. The van der Waals surface area contributed by atoms with Gasteiger partial charge in [0.1, 0.15) is 0 Å². The van der Waals surface area contributed by atoms with Gasteiger partial charge in [-0.25, -0.2) is 9.59 Å². The number of rotatable bonds is 6. The van der Waals surface area contributed by atoms with Crippen LogP contribution in [-0.4, -0.2) is 18.2 Å². The molecule has 0 saturated heterocycles. The summed E-state index contributed by atoms with van der Waals surface area (Å²) < 4.78 is 10.3. The summed E-state index contributed by atoms with van der Waals surface area (Å²) in [7, 11) is 0. The highest BCUT2D eigenvalue weighted by molar-refractivity contribution is 5.88. The molecule has 0 spiro atoms. The fraction of sp³-hybridized carbons (Fsp3) is 0.571. The maximum Gasteiger partial charge on any atom is 0.336 e. The lowest BCUT2D eigenvalue weighted by atomic mass is 9.89. The van der Waals surface area contributed by atoms with Crippen LogP contribution in [0.1, 0.15) is 41.0 Å². The van der Waals surface area contributed by atoms with Gasteiger partial charge in [-0.1, -0.05) is 33.9 Å². The summed E-state index contributed by atoms with van der Waals surface area (Å²) in [4.78, 5) is 23.1. The Balaban J connectivity index is 4.96. The standard InChI is InChI=1S/C14H22O4/c1-8-14(6,7)13(17-11(15)9(2)3)18-12(16)10(4)5/h13H,2,4,8H2,1,3,5-7H3. The van der Waals surface area contributed by atoms with E-state index < -0.39 is 23.6 Å². The molecule has 0 radical (unpaired) electrons. The van der Waals surface area contributed by atoms with Crippen LogP contribution in [0.2, 0.25) is 0 Å². The van der Waals surface area contributed by atoms with Crippen molar-refractivity contribution in [3.63, 3.8) is 0 Å². The van der Waals surface area contributed by atoms with Gasteiger partial charge >= 0.3 is 11.9 Å². The highest BCUT2D eigenvalue weighted by atomic mass is 16.7. The second kappa shape index (κ2) is 6.38. The summed E-state index contributed by atoms with van der Waals surface area (Å²) in [5, 5.41) is 0. The van der Waals surface area contributed by atoms with E-state index in [0.29, 0.717) is 6.42 Å². The van der Waals surface area contributed by atoms with E-state index in [-0.39, 0.29) is 11.1 Å². The zero-order valence-electron chi connectivity index (χ0n) is 11.8. The van der Waals surface area contributed by atoms with E-state index in [4.69, 9.17) is 9.47 Å². The number of carbonyl (C=O) groups excluding carboxylic acids is 2. The molecule has 0 rings (SSSR count). The Morgan fingerprint density at radius 1 is 1.06 bits per heavy atom. The third-order valence-electron chi connectivity index (χ3n) is 2.67. The summed E-state index contributed by atoms with van der Waals surface area (Å²) in [5.74, 6) is -1.15. The molecule has 0 amide bonds. The van der Waals surface area contributed by atoms with Crippen molar-refractivity contribution in [2.24, 2.45) is 5.41 Å². The Labute approximate surface area is 109 Å². The van der Waals surface area contributed by atoms with Crippen molar-refractivity contribution in [2.75, 3.05) is 0 Å². The molecule has 18 heavy (non-hydrogen) atoms. The highest BCUT2D eigenvalue weighted by Crippen LogP contribution is 2.29. The zero-order valence-corrected chi connectivity index (χ0v) is 11.8. The summed E-state index contributed by atoms with van der Waals surface area (Å²) in [5.41, 5.74) is 0.0486. The lowest BCUT2D eigenvalue weighted by Gasteiger charge is -2.32. The van der Waals surface area contributed by atoms with E-state index in [1.54, 1.807) is 13.8 Å². The van der Waals surface area contributed by atoms with Gasteiger partial charge in [0.05, 0.1) is 0 Å². The predicted molar refractivity (Wildman–Crippen MR) is 69.7 cm³/mol. The first-order valence-electron chi connectivity index (χ1n) is 5.84. The molecule has 0 unspecified atom stereocenters. The molecule has 0 aliphatic heterocycles. The van der Waals surface area contributed by atoms with Crippen LogP contribution < -0.4 is 0 Å². The van der Waals surface area contributed by atoms with Crippen LogP contribution in [0, 0.1) is 5.41 Å². The maximum absolute atomic E-state index is 11.5. The van der Waals surface area contributed by atoms with Gasteiger partial charge in [-0.05, 0) is 20.3 Å². The second-order valence-electron chi connectivity index (χ2n) is 5.05. The molecule has 4 heteroatoms. The normalized spacial score (nSPS) is 11.0.